The zero-order valence-corrected chi connectivity index (χ0v) is 11.5. The van der Waals surface area contributed by atoms with Gasteiger partial charge in [-0.1, -0.05) is 30.3 Å². The van der Waals surface area contributed by atoms with E-state index < -0.39 is 0 Å². The van der Waals surface area contributed by atoms with Crippen LogP contribution < -0.4 is 5.32 Å². The first-order valence-electron chi connectivity index (χ1n) is 6.85. The molecule has 1 N–H and O–H groups in total. The van der Waals surface area contributed by atoms with Gasteiger partial charge >= 0.3 is 0 Å². The van der Waals surface area contributed by atoms with Crippen molar-refractivity contribution in [3.8, 4) is 0 Å². The van der Waals surface area contributed by atoms with Crippen LogP contribution in [0.4, 0.5) is 0 Å². The molecule has 2 amide bonds. The van der Waals surface area contributed by atoms with Gasteiger partial charge in [0.1, 0.15) is 0 Å². The Balaban J connectivity index is 1.69. The number of rotatable bonds is 3. The van der Waals surface area contributed by atoms with Crippen LogP contribution in [0.1, 0.15) is 15.9 Å². The standard InChI is InChI=1S/C15H16N4O2/c20-14-11-18(7-6-16-14)15(21)13-8-17-19(10-13)9-12-4-2-1-3-5-12/h1-5,8,10H,6-7,9,11H2,(H,16,20). The predicted octanol–water partition coefficient (Wildman–Crippen LogP) is 0.503. The number of carbonyl (C=O) groups excluding carboxylic acids is 2. The van der Waals surface area contributed by atoms with E-state index in [1.807, 2.05) is 30.3 Å². The summed E-state index contributed by atoms with van der Waals surface area (Å²) < 4.78 is 1.73. The van der Waals surface area contributed by atoms with Crippen LogP contribution in [0.3, 0.4) is 0 Å². The summed E-state index contributed by atoms with van der Waals surface area (Å²) in [7, 11) is 0. The molecule has 1 aliphatic heterocycles. The molecule has 0 radical (unpaired) electrons. The summed E-state index contributed by atoms with van der Waals surface area (Å²) in [4.78, 5) is 25.2. The number of hydrogen-bond acceptors (Lipinski definition) is 3. The molecule has 1 fully saturated rings. The molecule has 6 nitrogen and oxygen atoms in total. The van der Waals surface area contributed by atoms with Crippen molar-refractivity contribution in [3.05, 3.63) is 53.9 Å². The Kier molecular flexibility index (Phi) is 3.68. The second kappa shape index (κ2) is 5.78. The van der Waals surface area contributed by atoms with E-state index >= 15 is 0 Å². The Labute approximate surface area is 122 Å². The average Bonchev–Trinajstić information content (AvgIpc) is 2.96. The lowest BCUT2D eigenvalue weighted by molar-refractivity contribution is -0.123. The molecule has 3 rings (SSSR count). The maximum absolute atomic E-state index is 12.3. The van der Waals surface area contributed by atoms with E-state index in [4.69, 9.17) is 0 Å². The van der Waals surface area contributed by atoms with Crippen LogP contribution in [0.15, 0.2) is 42.7 Å². The van der Waals surface area contributed by atoms with Crippen LogP contribution in [0.5, 0.6) is 0 Å². The zero-order chi connectivity index (χ0) is 14.7. The second-order valence-corrected chi connectivity index (χ2v) is 4.99. The first-order chi connectivity index (χ1) is 10.2. The Morgan fingerprint density at radius 2 is 2.10 bits per heavy atom. The van der Waals surface area contributed by atoms with Gasteiger partial charge in [0.15, 0.2) is 0 Å². The summed E-state index contributed by atoms with van der Waals surface area (Å²) in [6.45, 7) is 1.77. The maximum Gasteiger partial charge on any atom is 0.257 e. The molecule has 0 atom stereocenters. The van der Waals surface area contributed by atoms with Gasteiger partial charge in [0, 0.05) is 19.3 Å². The third-order valence-corrected chi connectivity index (χ3v) is 3.39. The molecule has 0 unspecified atom stereocenters. The Morgan fingerprint density at radius 1 is 1.29 bits per heavy atom. The van der Waals surface area contributed by atoms with Crippen molar-refractivity contribution in [2.24, 2.45) is 0 Å². The largest absolute Gasteiger partial charge is 0.353 e. The minimum Gasteiger partial charge on any atom is -0.353 e. The number of nitrogens with zero attached hydrogens (tertiary/aromatic N) is 3. The van der Waals surface area contributed by atoms with E-state index in [1.165, 1.54) is 0 Å². The van der Waals surface area contributed by atoms with Crippen molar-refractivity contribution >= 4 is 11.8 Å². The van der Waals surface area contributed by atoms with Crippen molar-refractivity contribution in [2.45, 2.75) is 6.54 Å². The maximum atomic E-state index is 12.3. The Hall–Kier alpha value is -2.63. The monoisotopic (exact) mass is 284 g/mol. The number of carbonyl (C=O) groups is 2. The van der Waals surface area contributed by atoms with Gasteiger partial charge in [0.05, 0.1) is 24.8 Å². The van der Waals surface area contributed by atoms with E-state index in [9.17, 15) is 9.59 Å². The van der Waals surface area contributed by atoms with Gasteiger partial charge in [-0.05, 0) is 5.56 Å². The number of hydrogen-bond donors (Lipinski definition) is 1. The molecule has 1 aromatic heterocycles. The van der Waals surface area contributed by atoms with Crippen molar-refractivity contribution in [3.63, 3.8) is 0 Å². The zero-order valence-electron chi connectivity index (χ0n) is 11.5. The highest BCUT2D eigenvalue weighted by Crippen LogP contribution is 2.08. The van der Waals surface area contributed by atoms with Crippen molar-refractivity contribution < 1.29 is 9.59 Å². The van der Waals surface area contributed by atoms with Gasteiger partial charge in [-0.25, -0.2) is 0 Å². The molecule has 1 saturated heterocycles. The van der Waals surface area contributed by atoms with E-state index in [2.05, 4.69) is 10.4 Å². The second-order valence-electron chi connectivity index (χ2n) is 4.99. The Bertz CT molecular complexity index is 651. The van der Waals surface area contributed by atoms with E-state index in [0.717, 1.165) is 5.56 Å². The van der Waals surface area contributed by atoms with E-state index in [-0.39, 0.29) is 18.4 Å². The average molecular weight is 284 g/mol. The van der Waals surface area contributed by atoms with Gasteiger partial charge in [0.25, 0.3) is 5.91 Å². The SMILES string of the molecule is O=C1CN(C(=O)c2cnn(Cc3ccccc3)c2)CCN1. The summed E-state index contributed by atoms with van der Waals surface area (Å²) >= 11 is 0. The van der Waals surface area contributed by atoms with E-state index in [0.29, 0.717) is 25.2 Å². The number of nitrogens with one attached hydrogen (secondary N) is 1. The number of amides is 2. The van der Waals surface area contributed by atoms with Crippen molar-refractivity contribution in [1.29, 1.82) is 0 Å². The summed E-state index contributed by atoms with van der Waals surface area (Å²) in [5, 5.41) is 6.92. The van der Waals surface area contributed by atoms with Gasteiger partial charge in [-0.3, -0.25) is 14.3 Å². The lowest BCUT2D eigenvalue weighted by Gasteiger charge is -2.26. The predicted molar refractivity (Wildman–Crippen MR) is 76.7 cm³/mol. The van der Waals surface area contributed by atoms with Gasteiger partial charge < -0.3 is 10.2 Å². The van der Waals surface area contributed by atoms with Crippen molar-refractivity contribution in [1.82, 2.24) is 20.0 Å². The highest BCUT2D eigenvalue weighted by atomic mass is 16.2. The molecule has 2 aromatic rings. The van der Waals surface area contributed by atoms with Crippen LogP contribution in [0, 0.1) is 0 Å². The fourth-order valence-corrected chi connectivity index (χ4v) is 2.33. The molecule has 6 heteroatoms. The van der Waals surface area contributed by atoms with Crippen LogP contribution in [-0.4, -0.2) is 46.1 Å². The van der Waals surface area contributed by atoms with Gasteiger partial charge in [-0.2, -0.15) is 5.10 Å². The number of aromatic nitrogens is 2. The van der Waals surface area contributed by atoms with Crippen LogP contribution in [0.2, 0.25) is 0 Å². The summed E-state index contributed by atoms with van der Waals surface area (Å²) in [6, 6.07) is 9.92. The smallest absolute Gasteiger partial charge is 0.257 e. The molecule has 0 spiro atoms. The number of piperazine rings is 1. The first-order valence-corrected chi connectivity index (χ1v) is 6.85. The molecule has 21 heavy (non-hydrogen) atoms. The first kappa shape index (κ1) is 13.4. The highest BCUT2D eigenvalue weighted by Gasteiger charge is 2.23. The molecule has 2 heterocycles. The Morgan fingerprint density at radius 3 is 2.86 bits per heavy atom. The minimum atomic E-state index is -0.149. The topological polar surface area (TPSA) is 67.2 Å². The molecule has 0 aliphatic carbocycles. The van der Waals surface area contributed by atoms with Gasteiger partial charge in [-0.15, -0.1) is 0 Å². The fraction of sp³-hybridized carbons (Fsp3) is 0.267. The third-order valence-electron chi connectivity index (χ3n) is 3.39. The fourth-order valence-electron chi connectivity index (χ4n) is 2.33. The highest BCUT2D eigenvalue weighted by molar-refractivity contribution is 5.96. The van der Waals surface area contributed by atoms with Crippen molar-refractivity contribution in [2.75, 3.05) is 19.6 Å². The molecular weight excluding hydrogens is 268 g/mol. The molecule has 1 aromatic carbocycles. The lowest BCUT2D eigenvalue weighted by Crippen LogP contribution is -2.49. The summed E-state index contributed by atoms with van der Waals surface area (Å²) in [5.74, 6) is -0.268. The van der Waals surface area contributed by atoms with E-state index in [1.54, 1.807) is 22.0 Å². The molecule has 0 bridgehead atoms. The lowest BCUT2D eigenvalue weighted by atomic mass is 10.2. The van der Waals surface area contributed by atoms with Crippen LogP contribution in [-0.2, 0) is 11.3 Å². The van der Waals surface area contributed by atoms with Crippen LogP contribution in [0.25, 0.3) is 0 Å². The molecular formula is C15H16N4O2. The number of benzene rings is 1. The quantitative estimate of drug-likeness (QED) is 0.892. The molecule has 108 valence electrons. The summed E-state index contributed by atoms with van der Waals surface area (Å²) in [5.41, 5.74) is 1.64. The van der Waals surface area contributed by atoms with Gasteiger partial charge in [0.2, 0.25) is 5.91 Å². The third kappa shape index (κ3) is 3.10. The molecule has 1 aliphatic rings. The minimum absolute atomic E-state index is 0.114. The normalized spacial score (nSPS) is 14.9. The summed E-state index contributed by atoms with van der Waals surface area (Å²) in [6.07, 6.45) is 3.28. The molecule has 0 saturated carbocycles. The van der Waals surface area contributed by atoms with Crippen LogP contribution >= 0.6 is 0 Å².